The number of rotatable bonds is 4. The molecular formula is C12H23NOS. The van der Waals surface area contributed by atoms with Crippen molar-refractivity contribution in [2.45, 2.75) is 52.7 Å². The van der Waals surface area contributed by atoms with E-state index in [1.807, 2.05) is 6.08 Å². The Morgan fingerprint density at radius 1 is 1.13 bits per heavy atom. The van der Waals surface area contributed by atoms with Crippen molar-refractivity contribution in [2.24, 2.45) is 15.4 Å². The van der Waals surface area contributed by atoms with Crippen molar-refractivity contribution in [3.05, 3.63) is 17.6 Å². The van der Waals surface area contributed by atoms with Gasteiger partial charge in [-0.3, -0.25) is 0 Å². The zero-order chi connectivity index (χ0) is 12.3. The Bertz CT molecular complexity index is 209. The molecule has 88 valence electrons. The lowest BCUT2D eigenvalue weighted by Crippen LogP contribution is -2.49. The minimum atomic E-state index is -0.205. The standard InChI is InChI=1S/C12H23NOS/c1-8-9-12(15-13-14,10(2,3)4)11(5,6)7/h8H,1,9H2,2-7H3. The van der Waals surface area contributed by atoms with Crippen LogP contribution >= 0.6 is 11.9 Å². The van der Waals surface area contributed by atoms with E-state index in [-0.39, 0.29) is 15.6 Å². The maximum Gasteiger partial charge on any atom is 0.0542 e. The van der Waals surface area contributed by atoms with Crippen molar-refractivity contribution < 1.29 is 0 Å². The molecule has 0 radical (unpaired) electrons. The fraction of sp³-hybridized carbons (Fsp3) is 0.833. The lowest BCUT2D eigenvalue weighted by atomic mass is 9.64. The van der Waals surface area contributed by atoms with Gasteiger partial charge in [0.25, 0.3) is 0 Å². The first-order chi connectivity index (χ1) is 6.62. The summed E-state index contributed by atoms with van der Waals surface area (Å²) in [7, 11) is 0. The van der Waals surface area contributed by atoms with Crippen molar-refractivity contribution >= 4 is 11.9 Å². The predicted octanol–water partition coefficient (Wildman–Crippen LogP) is 4.81. The van der Waals surface area contributed by atoms with Crippen molar-refractivity contribution in [3.8, 4) is 0 Å². The van der Waals surface area contributed by atoms with Gasteiger partial charge in [-0.25, -0.2) is 0 Å². The maximum absolute atomic E-state index is 10.7. The second kappa shape index (κ2) is 4.69. The molecule has 0 aliphatic heterocycles. The molecule has 15 heavy (non-hydrogen) atoms. The Hall–Kier alpha value is -0.310. The number of hydrogen-bond donors (Lipinski definition) is 0. The van der Waals surface area contributed by atoms with Gasteiger partial charge >= 0.3 is 0 Å². The van der Waals surface area contributed by atoms with Gasteiger partial charge < -0.3 is 0 Å². The van der Waals surface area contributed by atoms with E-state index in [4.69, 9.17) is 0 Å². The van der Waals surface area contributed by atoms with E-state index in [0.717, 1.165) is 18.4 Å². The molecule has 0 atom stereocenters. The molecule has 0 bridgehead atoms. The van der Waals surface area contributed by atoms with Crippen LogP contribution in [-0.2, 0) is 0 Å². The summed E-state index contributed by atoms with van der Waals surface area (Å²) in [4.78, 5) is 10.7. The highest BCUT2D eigenvalue weighted by Gasteiger charge is 2.51. The molecule has 2 nitrogen and oxygen atoms in total. The van der Waals surface area contributed by atoms with Crippen LogP contribution in [0.4, 0.5) is 0 Å². The maximum atomic E-state index is 10.7. The summed E-state index contributed by atoms with van der Waals surface area (Å²) in [5.74, 6) is 0. The average Bonchev–Trinajstić information content (AvgIpc) is 1.99. The second-order valence-corrected chi connectivity index (χ2v) is 7.01. The molecule has 0 N–H and O–H groups in total. The molecule has 0 aliphatic carbocycles. The first-order valence-corrected chi connectivity index (χ1v) is 6.01. The molecule has 0 spiro atoms. The van der Waals surface area contributed by atoms with E-state index >= 15 is 0 Å². The molecule has 0 aliphatic rings. The summed E-state index contributed by atoms with van der Waals surface area (Å²) < 4.78 is 2.87. The number of nitroso groups, excluding NO2 is 1. The number of nitrogens with zero attached hydrogens (tertiary/aromatic N) is 1. The van der Waals surface area contributed by atoms with Crippen LogP contribution in [0, 0.1) is 15.7 Å². The van der Waals surface area contributed by atoms with Crippen molar-refractivity contribution in [1.82, 2.24) is 0 Å². The smallest absolute Gasteiger partial charge is 0.0542 e. The largest absolute Gasteiger partial charge is 0.137 e. The third-order valence-corrected chi connectivity index (χ3v) is 4.83. The summed E-state index contributed by atoms with van der Waals surface area (Å²) in [6.07, 6.45) is 2.67. The molecule has 0 aromatic heterocycles. The lowest BCUT2D eigenvalue weighted by molar-refractivity contribution is 0.143. The SMILES string of the molecule is C=CCC(SN=O)(C(C)(C)C)C(C)(C)C. The summed E-state index contributed by atoms with van der Waals surface area (Å²) in [6, 6.07) is 0. The summed E-state index contributed by atoms with van der Waals surface area (Å²) in [5, 5.41) is 0. The average molecular weight is 229 g/mol. The van der Waals surface area contributed by atoms with Gasteiger partial charge in [0, 0.05) is 16.5 Å². The van der Waals surface area contributed by atoms with Crippen molar-refractivity contribution in [3.63, 3.8) is 0 Å². The normalized spacial score (nSPS) is 13.7. The van der Waals surface area contributed by atoms with Crippen LogP contribution in [0.5, 0.6) is 0 Å². The molecular weight excluding hydrogens is 206 g/mol. The van der Waals surface area contributed by atoms with Gasteiger partial charge in [-0.15, -0.1) is 11.5 Å². The minimum absolute atomic E-state index is 0.00197. The third kappa shape index (κ3) is 2.83. The molecule has 3 heteroatoms. The second-order valence-electron chi connectivity index (χ2n) is 5.99. The van der Waals surface area contributed by atoms with E-state index in [1.54, 1.807) is 0 Å². The number of hydrogen-bond acceptors (Lipinski definition) is 3. The van der Waals surface area contributed by atoms with Gasteiger partial charge in [0.2, 0.25) is 0 Å². The fourth-order valence-electron chi connectivity index (χ4n) is 2.32. The van der Waals surface area contributed by atoms with Crippen LogP contribution < -0.4 is 0 Å². The highest BCUT2D eigenvalue weighted by molar-refractivity contribution is 7.99. The highest BCUT2D eigenvalue weighted by Crippen LogP contribution is 2.55. The van der Waals surface area contributed by atoms with Crippen LogP contribution in [0.2, 0.25) is 0 Å². The summed E-state index contributed by atoms with van der Waals surface area (Å²) in [5.41, 5.74) is -0.00394. The Morgan fingerprint density at radius 2 is 1.53 bits per heavy atom. The Labute approximate surface area is 98.0 Å². The van der Waals surface area contributed by atoms with E-state index < -0.39 is 0 Å². The molecule has 0 heterocycles. The van der Waals surface area contributed by atoms with Crippen LogP contribution in [0.25, 0.3) is 0 Å². The molecule has 0 saturated carbocycles. The monoisotopic (exact) mass is 229 g/mol. The van der Waals surface area contributed by atoms with E-state index in [9.17, 15) is 4.91 Å². The van der Waals surface area contributed by atoms with Gasteiger partial charge in [0.1, 0.15) is 0 Å². The Balaban J connectivity index is 5.46. The summed E-state index contributed by atoms with van der Waals surface area (Å²) >= 11 is 1.16. The molecule has 0 fully saturated rings. The van der Waals surface area contributed by atoms with E-state index in [2.05, 4.69) is 52.7 Å². The van der Waals surface area contributed by atoms with Gasteiger partial charge in [-0.05, 0) is 17.3 Å². The van der Waals surface area contributed by atoms with Crippen molar-refractivity contribution in [1.29, 1.82) is 0 Å². The molecule has 0 rings (SSSR count). The van der Waals surface area contributed by atoms with Crippen LogP contribution in [0.1, 0.15) is 48.0 Å². The van der Waals surface area contributed by atoms with Crippen LogP contribution in [-0.4, -0.2) is 4.75 Å². The Kier molecular flexibility index (Phi) is 4.59. The predicted molar refractivity (Wildman–Crippen MR) is 69.8 cm³/mol. The van der Waals surface area contributed by atoms with Crippen LogP contribution in [0.3, 0.4) is 0 Å². The molecule has 0 unspecified atom stereocenters. The molecule has 0 aromatic carbocycles. The number of allylic oxidation sites excluding steroid dienone is 1. The molecule has 0 amide bonds. The topological polar surface area (TPSA) is 29.4 Å². The van der Waals surface area contributed by atoms with Gasteiger partial charge in [0.05, 0.1) is 4.75 Å². The Morgan fingerprint density at radius 3 is 1.73 bits per heavy atom. The highest BCUT2D eigenvalue weighted by atomic mass is 32.2. The van der Waals surface area contributed by atoms with Gasteiger partial charge in [-0.2, -0.15) is 0 Å². The van der Waals surface area contributed by atoms with Gasteiger partial charge in [0.15, 0.2) is 0 Å². The van der Waals surface area contributed by atoms with Crippen LogP contribution in [0.15, 0.2) is 17.2 Å². The van der Waals surface area contributed by atoms with E-state index in [0.29, 0.717) is 0 Å². The minimum Gasteiger partial charge on any atom is -0.137 e. The molecule has 0 aromatic rings. The zero-order valence-corrected chi connectivity index (χ0v) is 11.6. The lowest BCUT2D eigenvalue weighted by Gasteiger charge is -2.50. The third-order valence-electron chi connectivity index (χ3n) is 3.05. The van der Waals surface area contributed by atoms with Gasteiger partial charge in [-0.1, -0.05) is 47.6 Å². The first kappa shape index (κ1) is 14.7. The quantitative estimate of drug-likeness (QED) is 0.393. The first-order valence-electron chi connectivity index (χ1n) is 5.24. The fourth-order valence-corrected chi connectivity index (χ4v) is 3.18. The summed E-state index contributed by atoms with van der Waals surface area (Å²) in [6.45, 7) is 16.7. The zero-order valence-electron chi connectivity index (χ0n) is 10.8. The van der Waals surface area contributed by atoms with E-state index in [1.165, 1.54) is 0 Å². The van der Waals surface area contributed by atoms with Crippen molar-refractivity contribution in [2.75, 3.05) is 0 Å². The molecule has 0 saturated heterocycles.